The van der Waals surface area contributed by atoms with Crippen LogP contribution in [0.5, 0.6) is 0 Å². The molecule has 0 saturated heterocycles. The van der Waals surface area contributed by atoms with E-state index in [1.165, 1.54) is 0 Å². The highest BCUT2D eigenvalue weighted by Crippen LogP contribution is 2.14. The molecule has 7 heteroatoms. The Hall–Kier alpha value is -0.850. The van der Waals surface area contributed by atoms with Crippen LogP contribution in [0, 0.1) is 0 Å². The maximum absolute atomic E-state index is 6.08. The SMILES string of the molecule is CCn1ncc(Cl)c1CNC(=S)NCCCN(C)C. The van der Waals surface area contributed by atoms with Gasteiger partial charge in [-0.25, -0.2) is 0 Å². The molecule has 0 aliphatic rings. The van der Waals surface area contributed by atoms with E-state index in [4.69, 9.17) is 23.8 Å². The summed E-state index contributed by atoms with van der Waals surface area (Å²) in [5.41, 5.74) is 0.960. The molecule has 1 aromatic rings. The van der Waals surface area contributed by atoms with E-state index in [0.29, 0.717) is 16.7 Å². The van der Waals surface area contributed by atoms with Crippen LogP contribution in [0.1, 0.15) is 19.0 Å². The second kappa shape index (κ2) is 8.35. The molecule has 0 aliphatic carbocycles. The van der Waals surface area contributed by atoms with Gasteiger partial charge in [0.1, 0.15) is 0 Å². The van der Waals surface area contributed by atoms with Gasteiger partial charge in [0.25, 0.3) is 0 Å². The molecule has 5 nitrogen and oxygen atoms in total. The molecule has 0 unspecified atom stereocenters. The van der Waals surface area contributed by atoms with Crippen molar-refractivity contribution in [2.75, 3.05) is 27.2 Å². The monoisotopic (exact) mass is 303 g/mol. The summed E-state index contributed by atoms with van der Waals surface area (Å²) in [6, 6.07) is 0. The summed E-state index contributed by atoms with van der Waals surface area (Å²) < 4.78 is 1.87. The van der Waals surface area contributed by atoms with Gasteiger partial charge in [-0.3, -0.25) is 4.68 Å². The fraction of sp³-hybridized carbons (Fsp3) is 0.667. The number of thiocarbonyl (C=S) groups is 1. The van der Waals surface area contributed by atoms with E-state index in [9.17, 15) is 0 Å². The fourth-order valence-electron chi connectivity index (χ4n) is 1.66. The van der Waals surface area contributed by atoms with Crippen LogP contribution in [0.3, 0.4) is 0 Å². The number of aryl methyl sites for hydroxylation is 1. The van der Waals surface area contributed by atoms with Crippen molar-refractivity contribution in [1.29, 1.82) is 0 Å². The van der Waals surface area contributed by atoms with E-state index < -0.39 is 0 Å². The van der Waals surface area contributed by atoms with Crippen molar-refractivity contribution in [3.63, 3.8) is 0 Å². The largest absolute Gasteiger partial charge is 0.363 e. The van der Waals surface area contributed by atoms with Crippen molar-refractivity contribution in [3.05, 3.63) is 16.9 Å². The number of hydrogen-bond acceptors (Lipinski definition) is 3. The van der Waals surface area contributed by atoms with E-state index in [1.807, 2.05) is 11.6 Å². The molecule has 0 aliphatic heterocycles. The molecular formula is C12H22ClN5S. The van der Waals surface area contributed by atoms with Crippen molar-refractivity contribution >= 4 is 28.9 Å². The molecule has 0 aromatic carbocycles. The first-order valence-electron chi connectivity index (χ1n) is 6.41. The third kappa shape index (κ3) is 5.76. The molecule has 108 valence electrons. The molecule has 1 heterocycles. The van der Waals surface area contributed by atoms with Gasteiger partial charge < -0.3 is 15.5 Å². The zero-order valence-electron chi connectivity index (χ0n) is 11.7. The Morgan fingerprint density at radius 2 is 2.21 bits per heavy atom. The minimum atomic E-state index is 0.589. The van der Waals surface area contributed by atoms with E-state index in [0.717, 1.165) is 31.7 Å². The number of nitrogens with one attached hydrogen (secondary N) is 2. The lowest BCUT2D eigenvalue weighted by Crippen LogP contribution is -2.36. The van der Waals surface area contributed by atoms with Gasteiger partial charge in [0, 0.05) is 13.1 Å². The molecule has 0 fully saturated rings. The van der Waals surface area contributed by atoms with Gasteiger partial charge in [-0.2, -0.15) is 5.10 Å². The summed E-state index contributed by atoms with van der Waals surface area (Å²) in [5.74, 6) is 0. The summed E-state index contributed by atoms with van der Waals surface area (Å²) >= 11 is 11.3. The maximum atomic E-state index is 6.08. The van der Waals surface area contributed by atoms with Crippen molar-refractivity contribution in [1.82, 2.24) is 25.3 Å². The van der Waals surface area contributed by atoms with E-state index in [2.05, 4.69) is 34.7 Å². The van der Waals surface area contributed by atoms with Crippen molar-refractivity contribution < 1.29 is 0 Å². The highest BCUT2D eigenvalue weighted by Gasteiger charge is 2.07. The summed E-state index contributed by atoms with van der Waals surface area (Å²) in [6.45, 7) is 5.33. The standard InChI is InChI=1S/C12H22ClN5S/c1-4-18-11(10(13)8-16-18)9-15-12(19)14-6-5-7-17(2)3/h8H,4-7,9H2,1-3H3,(H2,14,15,19). The zero-order valence-corrected chi connectivity index (χ0v) is 13.3. The van der Waals surface area contributed by atoms with Crippen LogP contribution in [-0.4, -0.2) is 47.0 Å². The van der Waals surface area contributed by atoms with Gasteiger partial charge in [0.2, 0.25) is 0 Å². The molecule has 0 atom stereocenters. The van der Waals surface area contributed by atoms with Crippen LogP contribution in [0.25, 0.3) is 0 Å². The first-order valence-corrected chi connectivity index (χ1v) is 7.19. The molecule has 0 radical (unpaired) electrons. The second-order valence-electron chi connectivity index (χ2n) is 4.52. The number of rotatable bonds is 7. The molecule has 0 amide bonds. The Morgan fingerprint density at radius 3 is 2.84 bits per heavy atom. The van der Waals surface area contributed by atoms with Gasteiger partial charge >= 0.3 is 0 Å². The Morgan fingerprint density at radius 1 is 1.47 bits per heavy atom. The molecular weight excluding hydrogens is 282 g/mol. The quantitative estimate of drug-likeness (QED) is 0.590. The van der Waals surface area contributed by atoms with Crippen molar-refractivity contribution in [2.24, 2.45) is 0 Å². The highest BCUT2D eigenvalue weighted by atomic mass is 35.5. The van der Waals surface area contributed by atoms with Gasteiger partial charge in [-0.15, -0.1) is 0 Å². The number of aromatic nitrogens is 2. The molecule has 1 aromatic heterocycles. The second-order valence-corrected chi connectivity index (χ2v) is 5.34. The summed E-state index contributed by atoms with van der Waals surface area (Å²) in [4.78, 5) is 2.15. The third-order valence-electron chi connectivity index (χ3n) is 2.68. The van der Waals surface area contributed by atoms with Crippen LogP contribution < -0.4 is 10.6 Å². The van der Waals surface area contributed by atoms with Crippen LogP contribution in [0.4, 0.5) is 0 Å². The summed E-state index contributed by atoms with van der Waals surface area (Å²) in [6.07, 6.45) is 2.72. The van der Waals surface area contributed by atoms with Crippen LogP contribution in [0.15, 0.2) is 6.20 Å². The lowest BCUT2D eigenvalue weighted by atomic mass is 10.4. The fourth-order valence-corrected chi connectivity index (χ4v) is 2.04. The van der Waals surface area contributed by atoms with Gasteiger partial charge in [-0.05, 0) is 46.2 Å². The predicted molar refractivity (Wildman–Crippen MR) is 83.5 cm³/mol. The minimum Gasteiger partial charge on any atom is -0.363 e. The molecule has 19 heavy (non-hydrogen) atoms. The zero-order chi connectivity index (χ0) is 14.3. The number of hydrogen-bond donors (Lipinski definition) is 2. The predicted octanol–water partition coefficient (Wildman–Crippen LogP) is 1.47. The lowest BCUT2D eigenvalue weighted by molar-refractivity contribution is 0.400. The van der Waals surface area contributed by atoms with E-state index in [1.54, 1.807) is 6.20 Å². The number of halogens is 1. The molecule has 0 spiro atoms. The Kier molecular flexibility index (Phi) is 7.12. The minimum absolute atomic E-state index is 0.589. The smallest absolute Gasteiger partial charge is 0.166 e. The normalized spacial score (nSPS) is 10.8. The molecule has 2 N–H and O–H groups in total. The van der Waals surface area contributed by atoms with Crippen molar-refractivity contribution in [2.45, 2.75) is 26.4 Å². The first kappa shape index (κ1) is 16.2. The molecule has 0 bridgehead atoms. The van der Waals surface area contributed by atoms with E-state index in [-0.39, 0.29) is 0 Å². The Balaban J connectivity index is 2.28. The number of nitrogens with zero attached hydrogens (tertiary/aromatic N) is 3. The first-order chi connectivity index (χ1) is 9.04. The molecule has 1 rings (SSSR count). The topological polar surface area (TPSA) is 45.1 Å². The van der Waals surface area contributed by atoms with E-state index >= 15 is 0 Å². The van der Waals surface area contributed by atoms with Gasteiger partial charge in [-0.1, -0.05) is 11.6 Å². The van der Waals surface area contributed by atoms with Gasteiger partial charge in [0.05, 0.1) is 23.5 Å². The maximum Gasteiger partial charge on any atom is 0.166 e. The average molecular weight is 304 g/mol. The highest BCUT2D eigenvalue weighted by molar-refractivity contribution is 7.80. The molecule has 0 saturated carbocycles. The third-order valence-corrected chi connectivity index (χ3v) is 3.29. The lowest BCUT2D eigenvalue weighted by Gasteiger charge is -2.13. The summed E-state index contributed by atoms with van der Waals surface area (Å²) in [7, 11) is 4.12. The summed E-state index contributed by atoms with van der Waals surface area (Å²) in [5, 5.41) is 11.8. The van der Waals surface area contributed by atoms with Gasteiger partial charge in [0.15, 0.2) is 5.11 Å². The van der Waals surface area contributed by atoms with Crippen LogP contribution >= 0.6 is 23.8 Å². The van der Waals surface area contributed by atoms with Crippen LogP contribution in [-0.2, 0) is 13.1 Å². The van der Waals surface area contributed by atoms with Crippen molar-refractivity contribution in [3.8, 4) is 0 Å². The Bertz CT molecular complexity index is 405. The average Bonchev–Trinajstić information content (AvgIpc) is 2.72. The van der Waals surface area contributed by atoms with Crippen LogP contribution in [0.2, 0.25) is 5.02 Å². The Labute approximate surface area is 125 Å².